The molecule has 216 valence electrons. The zero-order valence-electron chi connectivity index (χ0n) is 23.4. The Morgan fingerprint density at radius 3 is 2.66 bits per heavy atom. The van der Waals surface area contributed by atoms with Crippen LogP contribution in [0.4, 0.5) is 21.4 Å². The highest BCUT2D eigenvalue weighted by Gasteiger charge is 2.17. The van der Waals surface area contributed by atoms with Crippen molar-refractivity contribution in [1.82, 2.24) is 20.2 Å². The summed E-state index contributed by atoms with van der Waals surface area (Å²) in [5.74, 6) is 0.687. The lowest BCUT2D eigenvalue weighted by Crippen LogP contribution is -2.37. The molecule has 0 saturated carbocycles. The second-order valence-corrected chi connectivity index (χ2v) is 11.1. The lowest BCUT2D eigenvalue weighted by molar-refractivity contribution is 0.102. The molecule has 3 amide bonds. The van der Waals surface area contributed by atoms with Gasteiger partial charge < -0.3 is 26.0 Å². The van der Waals surface area contributed by atoms with Crippen molar-refractivity contribution in [1.29, 1.82) is 0 Å². The molecule has 2 heterocycles. The maximum Gasteiger partial charge on any atom is 0.321 e. The van der Waals surface area contributed by atoms with Crippen LogP contribution in [0.3, 0.4) is 0 Å². The van der Waals surface area contributed by atoms with E-state index in [-0.39, 0.29) is 11.9 Å². The largest absolute Gasteiger partial charge is 0.497 e. The van der Waals surface area contributed by atoms with Gasteiger partial charge >= 0.3 is 6.03 Å². The minimum Gasteiger partial charge on any atom is -0.497 e. The molecule has 0 bridgehead atoms. The van der Waals surface area contributed by atoms with Gasteiger partial charge in [-0.1, -0.05) is 49.8 Å². The van der Waals surface area contributed by atoms with Gasteiger partial charge in [-0.15, -0.1) is 11.3 Å². The number of likely N-dealkylation sites (N-methyl/N-ethyl adjacent to an activating group) is 1. The molecule has 0 radical (unpaired) electrons. The molecular formula is C29H35N7O3S2. The number of methoxy groups -OCH3 is 1. The van der Waals surface area contributed by atoms with Gasteiger partial charge in [0.05, 0.1) is 12.8 Å². The number of thiazole rings is 2. The molecule has 0 aliphatic heterocycles. The van der Waals surface area contributed by atoms with Crippen molar-refractivity contribution in [2.45, 2.75) is 26.7 Å². The summed E-state index contributed by atoms with van der Waals surface area (Å²) in [6.45, 7) is 7.62. The molecule has 0 unspecified atom stereocenters. The predicted molar refractivity (Wildman–Crippen MR) is 168 cm³/mol. The Labute approximate surface area is 248 Å². The van der Waals surface area contributed by atoms with E-state index in [2.05, 4.69) is 39.7 Å². The van der Waals surface area contributed by atoms with Crippen LogP contribution >= 0.6 is 22.7 Å². The number of rotatable bonds is 13. The number of unbranched alkanes of at least 4 members (excludes halogenated alkanes) is 1. The van der Waals surface area contributed by atoms with Crippen LogP contribution in [-0.4, -0.2) is 60.1 Å². The smallest absolute Gasteiger partial charge is 0.321 e. The molecule has 0 fully saturated rings. The van der Waals surface area contributed by atoms with Crippen molar-refractivity contribution in [3.63, 3.8) is 0 Å². The standard InChI is InChI=1S/C29H35N7O3S2/c1-4-6-14-36(5-2)15-13-31-28(38)35-29-34-25(30)24(41-29)27-33-23(18-40-27)19-9-7-11-21(16-19)32-26(37)20-10-8-12-22(17-20)39-3/h7-12,16-18H,4-6,13-15,30H2,1-3H3,(H,32,37)(H2,31,34,35,38). The number of nitrogens with zero attached hydrogens (tertiary/aromatic N) is 3. The fraction of sp³-hybridized carbons (Fsp3) is 0.310. The molecule has 2 aromatic carbocycles. The van der Waals surface area contributed by atoms with Crippen molar-refractivity contribution < 1.29 is 14.3 Å². The summed E-state index contributed by atoms with van der Waals surface area (Å²) in [4.78, 5) is 37.2. The lowest BCUT2D eigenvalue weighted by atomic mass is 10.1. The molecule has 4 rings (SSSR count). The van der Waals surface area contributed by atoms with E-state index < -0.39 is 0 Å². The third-order valence-corrected chi connectivity index (χ3v) is 8.29. The van der Waals surface area contributed by atoms with Gasteiger partial charge in [0, 0.05) is 35.3 Å². The predicted octanol–water partition coefficient (Wildman–Crippen LogP) is 6.02. The second-order valence-electron chi connectivity index (χ2n) is 9.21. The summed E-state index contributed by atoms with van der Waals surface area (Å²) < 4.78 is 5.21. The minimum absolute atomic E-state index is 0.235. The molecule has 2 aromatic heterocycles. The number of nitrogens with two attached hydrogens (primary N) is 1. The number of hydrogen-bond donors (Lipinski definition) is 4. The van der Waals surface area contributed by atoms with Crippen LogP contribution in [0.5, 0.6) is 5.75 Å². The Kier molecular flexibility index (Phi) is 10.7. The molecule has 12 heteroatoms. The number of anilines is 3. The Bertz CT molecular complexity index is 1470. The van der Waals surface area contributed by atoms with Gasteiger partial charge in [-0.05, 0) is 49.8 Å². The number of benzene rings is 2. The summed E-state index contributed by atoms with van der Waals surface area (Å²) in [6.07, 6.45) is 2.29. The van der Waals surface area contributed by atoms with E-state index >= 15 is 0 Å². The topological polar surface area (TPSA) is 134 Å². The van der Waals surface area contributed by atoms with E-state index in [4.69, 9.17) is 15.5 Å². The molecule has 4 aromatic rings. The normalized spacial score (nSPS) is 10.9. The molecular weight excluding hydrogens is 558 g/mol. The van der Waals surface area contributed by atoms with E-state index in [9.17, 15) is 9.59 Å². The van der Waals surface area contributed by atoms with Gasteiger partial charge in [0.1, 0.15) is 21.5 Å². The highest BCUT2D eigenvalue weighted by Crippen LogP contribution is 2.38. The number of nitrogens with one attached hydrogen (secondary N) is 3. The van der Waals surface area contributed by atoms with Gasteiger partial charge in [0.2, 0.25) is 0 Å². The van der Waals surface area contributed by atoms with Crippen LogP contribution < -0.4 is 26.4 Å². The maximum absolute atomic E-state index is 12.7. The first-order chi connectivity index (χ1) is 19.9. The highest BCUT2D eigenvalue weighted by atomic mass is 32.1. The fourth-order valence-corrected chi connectivity index (χ4v) is 5.86. The first-order valence-electron chi connectivity index (χ1n) is 13.4. The number of carbonyl (C=O) groups excluding carboxylic acids is 2. The molecule has 0 saturated heterocycles. The summed E-state index contributed by atoms with van der Waals surface area (Å²) in [6, 6.07) is 14.1. The van der Waals surface area contributed by atoms with E-state index in [0.29, 0.717) is 44.4 Å². The Morgan fingerprint density at radius 1 is 1.05 bits per heavy atom. The van der Waals surface area contributed by atoms with Crippen LogP contribution in [0.15, 0.2) is 53.9 Å². The summed E-state index contributed by atoms with van der Waals surface area (Å²) in [7, 11) is 1.56. The number of ether oxygens (including phenoxy) is 1. The Hall–Kier alpha value is -4.00. The Balaban J connectivity index is 1.37. The zero-order valence-corrected chi connectivity index (χ0v) is 25.0. The highest BCUT2D eigenvalue weighted by molar-refractivity contribution is 7.23. The average molecular weight is 594 g/mol. The van der Waals surface area contributed by atoms with Gasteiger partial charge in [-0.3, -0.25) is 10.1 Å². The number of hydrogen-bond acceptors (Lipinski definition) is 9. The SMILES string of the molecule is CCCCN(CC)CCNC(=O)Nc1nc(N)c(-c2nc(-c3cccc(NC(=O)c4cccc(OC)c4)c3)cs2)s1. The summed E-state index contributed by atoms with van der Waals surface area (Å²) in [5, 5.41) is 11.6. The van der Waals surface area contributed by atoms with Gasteiger partial charge in [-0.25, -0.2) is 14.8 Å². The van der Waals surface area contributed by atoms with Crippen LogP contribution in [-0.2, 0) is 0 Å². The van der Waals surface area contributed by atoms with Crippen molar-refractivity contribution >= 4 is 51.2 Å². The van der Waals surface area contributed by atoms with Crippen molar-refractivity contribution in [3.05, 3.63) is 59.5 Å². The molecule has 0 atom stereocenters. The Morgan fingerprint density at radius 2 is 1.88 bits per heavy atom. The first-order valence-corrected chi connectivity index (χ1v) is 15.1. The minimum atomic E-state index is -0.315. The second kappa shape index (κ2) is 14.6. The third kappa shape index (κ3) is 8.26. The monoisotopic (exact) mass is 593 g/mol. The number of nitrogen functional groups attached to an aromatic ring is 1. The van der Waals surface area contributed by atoms with E-state index in [1.165, 1.54) is 22.7 Å². The number of amides is 3. The summed E-state index contributed by atoms with van der Waals surface area (Å²) >= 11 is 2.71. The maximum atomic E-state index is 12.7. The van der Waals surface area contributed by atoms with Gasteiger partial charge in [0.25, 0.3) is 5.91 Å². The number of aromatic nitrogens is 2. The van der Waals surface area contributed by atoms with Crippen molar-refractivity contribution in [2.75, 3.05) is 49.7 Å². The van der Waals surface area contributed by atoms with Gasteiger partial charge in [-0.2, -0.15) is 0 Å². The molecule has 10 nitrogen and oxygen atoms in total. The first kappa shape index (κ1) is 30.0. The quantitative estimate of drug-likeness (QED) is 0.149. The third-order valence-electron chi connectivity index (χ3n) is 6.31. The van der Waals surface area contributed by atoms with Gasteiger partial charge in [0.15, 0.2) is 5.13 Å². The molecule has 41 heavy (non-hydrogen) atoms. The fourth-order valence-electron chi connectivity index (χ4n) is 4.05. The van der Waals surface area contributed by atoms with E-state index in [0.717, 1.165) is 43.7 Å². The molecule has 0 aliphatic carbocycles. The molecule has 5 N–H and O–H groups in total. The number of carbonyl (C=O) groups is 2. The van der Waals surface area contributed by atoms with Crippen molar-refractivity contribution in [3.8, 4) is 26.9 Å². The van der Waals surface area contributed by atoms with Crippen LogP contribution in [0.25, 0.3) is 21.1 Å². The van der Waals surface area contributed by atoms with Crippen LogP contribution in [0.2, 0.25) is 0 Å². The molecule has 0 spiro atoms. The lowest BCUT2D eigenvalue weighted by Gasteiger charge is -2.20. The van der Waals surface area contributed by atoms with E-state index in [1.807, 2.05) is 29.6 Å². The van der Waals surface area contributed by atoms with Crippen LogP contribution in [0, 0.1) is 0 Å². The number of urea groups is 1. The van der Waals surface area contributed by atoms with Crippen LogP contribution in [0.1, 0.15) is 37.0 Å². The van der Waals surface area contributed by atoms with Crippen molar-refractivity contribution in [2.24, 2.45) is 0 Å². The summed E-state index contributed by atoms with van der Waals surface area (Å²) in [5.41, 5.74) is 8.92. The molecule has 0 aliphatic rings. The van der Waals surface area contributed by atoms with E-state index in [1.54, 1.807) is 31.4 Å². The average Bonchev–Trinajstić information content (AvgIpc) is 3.61. The zero-order chi connectivity index (χ0) is 29.2.